The van der Waals surface area contributed by atoms with Gasteiger partial charge in [-0.3, -0.25) is 0 Å². The van der Waals surface area contributed by atoms with Gasteiger partial charge in [0.25, 0.3) is 0 Å². The van der Waals surface area contributed by atoms with Gasteiger partial charge in [-0.05, 0) is 57.6 Å². The average Bonchev–Trinajstić information content (AvgIpc) is 2.52. The SMILES string of the molecule is Cc1ccccc1C1CCN(S(=O)(=O)C2CN(C(=O)OC(C)(C)C)C2)CC1. The van der Waals surface area contributed by atoms with Crippen molar-refractivity contribution in [1.29, 1.82) is 0 Å². The summed E-state index contributed by atoms with van der Waals surface area (Å²) in [5, 5.41) is -0.514. The lowest BCUT2D eigenvalue weighted by Crippen LogP contribution is -2.61. The van der Waals surface area contributed by atoms with Crippen molar-refractivity contribution in [2.75, 3.05) is 26.2 Å². The Labute approximate surface area is 162 Å². The molecule has 27 heavy (non-hydrogen) atoms. The molecule has 1 aromatic carbocycles. The number of amides is 1. The van der Waals surface area contributed by atoms with Crippen LogP contribution in [0.1, 0.15) is 50.7 Å². The Morgan fingerprint density at radius 1 is 1.11 bits per heavy atom. The molecule has 0 unspecified atom stereocenters. The van der Waals surface area contributed by atoms with Crippen molar-refractivity contribution >= 4 is 16.1 Å². The van der Waals surface area contributed by atoms with Crippen LogP contribution in [0, 0.1) is 6.92 Å². The van der Waals surface area contributed by atoms with Gasteiger partial charge >= 0.3 is 6.09 Å². The second-order valence-electron chi connectivity index (χ2n) is 8.58. The van der Waals surface area contributed by atoms with Gasteiger partial charge in [0.05, 0.1) is 0 Å². The minimum absolute atomic E-state index is 0.217. The van der Waals surface area contributed by atoms with Crippen LogP contribution < -0.4 is 0 Å². The van der Waals surface area contributed by atoms with Crippen molar-refractivity contribution < 1.29 is 17.9 Å². The molecule has 0 radical (unpaired) electrons. The summed E-state index contributed by atoms with van der Waals surface area (Å²) in [5.41, 5.74) is 2.03. The smallest absolute Gasteiger partial charge is 0.410 e. The molecule has 0 spiro atoms. The first kappa shape index (κ1) is 20.1. The molecule has 0 saturated carbocycles. The Morgan fingerprint density at radius 2 is 1.70 bits per heavy atom. The number of rotatable bonds is 3. The number of carbonyl (C=O) groups is 1. The van der Waals surface area contributed by atoms with Crippen LogP contribution in [0.25, 0.3) is 0 Å². The number of aryl methyl sites for hydroxylation is 1. The summed E-state index contributed by atoms with van der Waals surface area (Å²) in [4.78, 5) is 13.5. The number of ether oxygens (including phenoxy) is 1. The van der Waals surface area contributed by atoms with E-state index in [-0.39, 0.29) is 13.1 Å². The molecule has 2 aliphatic heterocycles. The highest BCUT2D eigenvalue weighted by Gasteiger charge is 2.44. The van der Waals surface area contributed by atoms with Crippen molar-refractivity contribution in [2.24, 2.45) is 0 Å². The molecule has 0 bridgehead atoms. The Hall–Kier alpha value is -1.60. The van der Waals surface area contributed by atoms with Gasteiger partial charge in [0.1, 0.15) is 10.9 Å². The van der Waals surface area contributed by atoms with Crippen molar-refractivity contribution in [3.05, 3.63) is 35.4 Å². The predicted octanol–water partition coefficient (Wildman–Crippen LogP) is 3.12. The third-order valence-electron chi connectivity index (χ3n) is 5.36. The van der Waals surface area contributed by atoms with Crippen LogP contribution in [0.2, 0.25) is 0 Å². The summed E-state index contributed by atoms with van der Waals surface area (Å²) < 4.78 is 32.7. The standard InChI is InChI=1S/C20H30N2O4S/c1-15-7-5-6-8-18(15)16-9-11-22(12-10-16)27(24,25)17-13-21(14-17)19(23)26-20(2,3)4/h5-8,16-17H,9-14H2,1-4H3. The lowest BCUT2D eigenvalue weighted by molar-refractivity contribution is 0.0135. The molecular formula is C20H30N2O4S. The van der Waals surface area contributed by atoms with Gasteiger partial charge in [0.15, 0.2) is 0 Å². The fraction of sp³-hybridized carbons (Fsp3) is 0.650. The monoisotopic (exact) mass is 394 g/mol. The molecule has 0 aliphatic carbocycles. The predicted molar refractivity (Wildman–Crippen MR) is 105 cm³/mol. The third-order valence-corrected chi connectivity index (χ3v) is 7.59. The first-order valence-corrected chi connectivity index (χ1v) is 11.1. The van der Waals surface area contributed by atoms with Gasteiger partial charge in [-0.1, -0.05) is 24.3 Å². The van der Waals surface area contributed by atoms with Crippen LogP contribution in [-0.4, -0.2) is 60.7 Å². The van der Waals surface area contributed by atoms with Crippen molar-refractivity contribution in [1.82, 2.24) is 9.21 Å². The number of hydrogen-bond donors (Lipinski definition) is 0. The topological polar surface area (TPSA) is 66.9 Å². The first-order chi connectivity index (χ1) is 12.6. The molecular weight excluding hydrogens is 364 g/mol. The molecule has 1 aromatic rings. The average molecular weight is 395 g/mol. The summed E-state index contributed by atoms with van der Waals surface area (Å²) in [6, 6.07) is 8.34. The number of sulfonamides is 1. The number of piperidine rings is 1. The second kappa shape index (κ2) is 7.43. The first-order valence-electron chi connectivity index (χ1n) is 9.60. The lowest BCUT2D eigenvalue weighted by Gasteiger charge is -2.42. The van der Waals surface area contributed by atoms with Gasteiger partial charge < -0.3 is 9.64 Å². The van der Waals surface area contributed by atoms with Crippen LogP contribution in [0.4, 0.5) is 4.79 Å². The van der Waals surface area contributed by atoms with Crippen molar-refractivity contribution in [2.45, 2.75) is 57.3 Å². The maximum absolute atomic E-state index is 12.9. The molecule has 2 aliphatic rings. The molecule has 2 heterocycles. The fourth-order valence-corrected chi connectivity index (χ4v) is 5.66. The molecule has 3 rings (SSSR count). The Morgan fingerprint density at radius 3 is 2.26 bits per heavy atom. The third kappa shape index (κ3) is 4.46. The minimum Gasteiger partial charge on any atom is -0.444 e. The zero-order chi connectivity index (χ0) is 19.8. The summed E-state index contributed by atoms with van der Waals surface area (Å²) in [6.45, 7) is 9.04. The zero-order valence-corrected chi connectivity index (χ0v) is 17.5. The van der Waals surface area contributed by atoms with Crippen molar-refractivity contribution in [3.63, 3.8) is 0 Å². The summed E-state index contributed by atoms with van der Waals surface area (Å²) in [6.07, 6.45) is 1.24. The van der Waals surface area contributed by atoms with Gasteiger partial charge in [-0.15, -0.1) is 0 Å². The number of likely N-dealkylation sites (tertiary alicyclic amines) is 1. The molecule has 0 N–H and O–H groups in total. The minimum atomic E-state index is -3.37. The number of hydrogen-bond acceptors (Lipinski definition) is 4. The van der Waals surface area contributed by atoms with Gasteiger partial charge in [-0.25, -0.2) is 17.5 Å². The van der Waals surface area contributed by atoms with Crippen LogP contribution in [0.15, 0.2) is 24.3 Å². The number of carbonyl (C=O) groups excluding carboxylic acids is 1. The highest BCUT2D eigenvalue weighted by molar-refractivity contribution is 7.89. The number of nitrogens with zero attached hydrogens (tertiary/aromatic N) is 2. The molecule has 150 valence electrons. The fourth-order valence-electron chi connectivity index (χ4n) is 3.78. The quantitative estimate of drug-likeness (QED) is 0.790. The molecule has 1 amide bonds. The largest absolute Gasteiger partial charge is 0.444 e. The van der Waals surface area contributed by atoms with Crippen LogP contribution in [0.5, 0.6) is 0 Å². The van der Waals surface area contributed by atoms with Crippen LogP contribution in [-0.2, 0) is 14.8 Å². The molecule has 0 atom stereocenters. The Kier molecular flexibility index (Phi) is 5.54. The summed E-state index contributed by atoms with van der Waals surface area (Å²) in [7, 11) is -3.37. The van der Waals surface area contributed by atoms with E-state index in [0.717, 1.165) is 12.8 Å². The van der Waals surface area contributed by atoms with E-state index in [2.05, 4.69) is 19.1 Å². The summed E-state index contributed by atoms with van der Waals surface area (Å²) in [5.74, 6) is 0.414. The maximum Gasteiger partial charge on any atom is 0.410 e. The Balaban J connectivity index is 1.54. The van der Waals surface area contributed by atoms with E-state index in [1.807, 2.05) is 12.1 Å². The van der Waals surface area contributed by atoms with Gasteiger partial charge in [0, 0.05) is 26.2 Å². The van der Waals surface area contributed by atoms with Gasteiger partial charge in [0.2, 0.25) is 10.0 Å². The second-order valence-corrected chi connectivity index (χ2v) is 10.8. The van der Waals surface area contributed by atoms with Crippen LogP contribution >= 0.6 is 0 Å². The molecule has 2 fully saturated rings. The Bertz CT molecular complexity index is 786. The van der Waals surface area contributed by atoms with E-state index in [0.29, 0.717) is 19.0 Å². The van der Waals surface area contributed by atoms with E-state index in [9.17, 15) is 13.2 Å². The van der Waals surface area contributed by atoms with E-state index in [1.165, 1.54) is 16.0 Å². The highest BCUT2D eigenvalue weighted by Crippen LogP contribution is 2.32. The molecule has 2 saturated heterocycles. The van der Waals surface area contributed by atoms with Crippen LogP contribution in [0.3, 0.4) is 0 Å². The van der Waals surface area contributed by atoms with E-state index < -0.39 is 27.0 Å². The normalized spacial score (nSPS) is 20.4. The molecule has 7 heteroatoms. The lowest BCUT2D eigenvalue weighted by atomic mass is 9.87. The zero-order valence-electron chi connectivity index (χ0n) is 16.6. The highest BCUT2D eigenvalue weighted by atomic mass is 32.2. The van der Waals surface area contributed by atoms with E-state index >= 15 is 0 Å². The van der Waals surface area contributed by atoms with E-state index in [4.69, 9.17) is 4.74 Å². The molecule has 0 aromatic heterocycles. The van der Waals surface area contributed by atoms with E-state index in [1.54, 1.807) is 25.1 Å². The molecule has 6 nitrogen and oxygen atoms in total. The summed E-state index contributed by atoms with van der Waals surface area (Å²) >= 11 is 0. The number of benzene rings is 1. The van der Waals surface area contributed by atoms with Crippen molar-refractivity contribution in [3.8, 4) is 0 Å². The maximum atomic E-state index is 12.9. The van der Waals surface area contributed by atoms with Gasteiger partial charge in [-0.2, -0.15) is 0 Å².